The second-order valence-electron chi connectivity index (χ2n) is 7.12. The molecule has 0 spiro atoms. The first-order valence-corrected chi connectivity index (χ1v) is 9.56. The minimum Gasteiger partial charge on any atom is -0.496 e. The molecule has 3 aromatic rings. The van der Waals surface area contributed by atoms with Crippen molar-refractivity contribution in [1.29, 1.82) is 0 Å². The molecule has 30 heavy (non-hydrogen) atoms. The molecule has 0 aliphatic carbocycles. The van der Waals surface area contributed by atoms with E-state index in [2.05, 4.69) is 5.32 Å². The summed E-state index contributed by atoms with van der Waals surface area (Å²) >= 11 is 0. The summed E-state index contributed by atoms with van der Waals surface area (Å²) in [6, 6.07) is 8.76. The molecular formula is C22H21FN2O5. The van der Waals surface area contributed by atoms with Crippen molar-refractivity contribution in [3.63, 3.8) is 0 Å². The number of likely N-dealkylation sites (tertiary alicyclic amines) is 1. The van der Waals surface area contributed by atoms with Gasteiger partial charge in [-0.25, -0.2) is 9.18 Å². The van der Waals surface area contributed by atoms with Gasteiger partial charge in [0.25, 0.3) is 5.91 Å². The van der Waals surface area contributed by atoms with Crippen LogP contribution in [0.15, 0.2) is 40.8 Å². The van der Waals surface area contributed by atoms with E-state index >= 15 is 0 Å². The van der Waals surface area contributed by atoms with Gasteiger partial charge in [-0.05, 0) is 49.2 Å². The number of nitrogens with zero attached hydrogens (tertiary/aromatic N) is 1. The maximum absolute atomic E-state index is 13.4. The Morgan fingerprint density at radius 3 is 2.63 bits per heavy atom. The number of rotatable bonds is 4. The second-order valence-corrected chi connectivity index (χ2v) is 7.12. The van der Waals surface area contributed by atoms with Crippen LogP contribution in [-0.2, 0) is 0 Å². The van der Waals surface area contributed by atoms with E-state index in [-0.39, 0.29) is 11.9 Å². The van der Waals surface area contributed by atoms with E-state index in [4.69, 9.17) is 9.15 Å². The summed E-state index contributed by atoms with van der Waals surface area (Å²) in [7, 11) is 3.02. The molecule has 156 valence electrons. The Morgan fingerprint density at radius 1 is 1.27 bits per heavy atom. The van der Waals surface area contributed by atoms with Crippen LogP contribution >= 0.6 is 0 Å². The number of hydrogen-bond donors (Lipinski definition) is 2. The third-order valence-corrected chi connectivity index (χ3v) is 5.46. The number of halogens is 1. The van der Waals surface area contributed by atoms with E-state index in [0.717, 1.165) is 6.42 Å². The lowest BCUT2D eigenvalue weighted by atomic mass is 9.99. The molecule has 0 bridgehead atoms. The SMILES string of the molecule is CNC(=O)c1c(-c2ccc(F)cc2)oc2cc(C3CCCN3C(=O)O)c(OC)cc12. The Morgan fingerprint density at radius 2 is 2.00 bits per heavy atom. The highest BCUT2D eigenvalue weighted by Crippen LogP contribution is 2.42. The standard InChI is InChI=1S/C22H21FN2O5/c1-24-21(26)19-15-11-17(29-2)14(16-4-3-9-25(16)22(27)28)10-18(15)30-20(19)12-5-7-13(23)8-6-12/h5-8,10-11,16H,3-4,9H2,1-2H3,(H,24,26)(H,27,28). The van der Waals surface area contributed by atoms with E-state index in [1.165, 1.54) is 31.2 Å². The Kier molecular flexibility index (Phi) is 5.07. The summed E-state index contributed by atoms with van der Waals surface area (Å²) in [5.41, 5.74) is 1.99. The Hall–Kier alpha value is -3.55. The van der Waals surface area contributed by atoms with Crippen LogP contribution in [0.2, 0.25) is 0 Å². The molecule has 2 aromatic carbocycles. The van der Waals surface area contributed by atoms with Crippen molar-refractivity contribution in [2.75, 3.05) is 20.7 Å². The minimum absolute atomic E-state index is 0.310. The Labute approximate surface area is 172 Å². The van der Waals surface area contributed by atoms with Crippen molar-refractivity contribution in [1.82, 2.24) is 10.2 Å². The highest BCUT2D eigenvalue weighted by molar-refractivity contribution is 6.11. The van der Waals surface area contributed by atoms with E-state index in [1.54, 1.807) is 24.3 Å². The van der Waals surface area contributed by atoms with Crippen molar-refractivity contribution in [3.05, 3.63) is 53.3 Å². The predicted molar refractivity (Wildman–Crippen MR) is 108 cm³/mol. The number of amides is 2. The number of benzene rings is 2. The van der Waals surface area contributed by atoms with Gasteiger partial charge in [-0.15, -0.1) is 0 Å². The van der Waals surface area contributed by atoms with Gasteiger partial charge in [0.1, 0.15) is 22.9 Å². The molecule has 1 unspecified atom stereocenters. The molecule has 1 fully saturated rings. The van der Waals surface area contributed by atoms with Gasteiger partial charge < -0.3 is 24.5 Å². The zero-order valence-electron chi connectivity index (χ0n) is 16.6. The fourth-order valence-electron chi connectivity index (χ4n) is 4.05. The number of ether oxygens (including phenoxy) is 1. The van der Waals surface area contributed by atoms with Crippen LogP contribution in [0.5, 0.6) is 5.75 Å². The van der Waals surface area contributed by atoms with Gasteiger partial charge in [-0.3, -0.25) is 4.79 Å². The molecule has 2 N–H and O–H groups in total. The first kappa shape index (κ1) is 19.8. The maximum atomic E-state index is 13.4. The third-order valence-electron chi connectivity index (χ3n) is 5.46. The molecular weight excluding hydrogens is 391 g/mol. The van der Waals surface area contributed by atoms with Crippen LogP contribution in [0.1, 0.15) is 34.8 Å². The number of nitrogens with one attached hydrogen (secondary N) is 1. The summed E-state index contributed by atoms with van der Waals surface area (Å²) in [6.45, 7) is 0.448. The number of fused-ring (bicyclic) bond motifs is 1. The average molecular weight is 412 g/mol. The van der Waals surface area contributed by atoms with Crippen molar-refractivity contribution < 1.29 is 28.2 Å². The highest BCUT2D eigenvalue weighted by atomic mass is 19.1. The Balaban J connectivity index is 1.93. The fraction of sp³-hybridized carbons (Fsp3) is 0.273. The lowest BCUT2D eigenvalue weighted by Gasteiger charge is -2.23. The first-order valence-electron chi connectivity index (χ1n) is 9.56. The van der Waals surface area contributed by atoms with Crippen LogP contribution in [0, 0.1) is 5.82 Å². The quantitative estimate of drug-likeness (QED) is 0.662. The molecule has 8 heteroatoms. The van der Waals surface area contributed by atoms with Crippen LogP contribution in [0.4, 0.5) is 9.18 Å². The average Bonchev–Trinajstić information content (AvgIpc) is 3.37. The second kappa shape index (κ2) is 7.70. The van der Waals surface area contributed by atoms with Crippen LogP contribution in [0.25, 0.3) is 22.3 Å². The smallest absolute Gasteiger partial charge is 0.407 e. The lowest BCUT2D eigenvalue weighted by Crippen LogP contribution is -2.29. The number of carboxylic acid groups (broad SMARTS) is 1. The van der Waals surface area contributed by atoms with Crippen LogP contribution in [0.3, 0.4) is 0 Å². The Bertz CT molecular complexity index is 1120. The molecule has 2 amide bonds. The highest BCUT2D eigenvalue weighted by Gasteiger charge is 2.33. The van der Waals surface area contributed by atoms with Gasteiger partial charge in [-0.1, -0.05) is 0 Å². The van der Waals surface area contributed by atoms with Crippen molar-refractivity contribution in [3.8, 4) is 17.1 Å². The molecule has 7 nitrogen and oxygen atoms in total. The van der Waals surface area contributed by atoms with Gasteiger partial charge in [0.05, 0.1) is 18.7 Å². The summed E-state index contributed by atoms with van der Waals surface area (Å²) < 4.78 is 25.0. The van der Waals surface area contributed by atoms with E-state index in [0.29, 0.717) is 52.1 Å². The number of carbonyl (C=O) groups is 2. The number of furan rings is 1. The monoisotopic (exact) mass is 412 g/mol. The number of hydrogen-bond acceptors (Lipinski definition) is 4. The largest absolute Gasteiger partial charge is 0.496 e. The summed E-state index contributed by atoms with van der Waals surface area (Å²) in [6.07, 6.45) is 0.431. The molecule has 4 rings (SSSR count). The summed E-state index contributed by atoms with van der Waals surface area (Å²) in [5, 5.41) is 12.7. The molecule has 2 heterocycles. The topological polar surface area (TPSA) is 92.0 Å². The van der Waals surface area contributed by atoms with Crippen LogP contribution in [-0.4, -0.2) is 42.7 Å². The number of carbonyl (C=O) groups excluding carboxylic acids is 1. The van der Waals surface area contributed by atoms with E-state index in [1.807, 2.05) is 0 Å². The lowest BCUT2D eigenvalue weighted by molar-refractivity contribution is 0.0964. The molecule has 0 saturated carbocycles. The van der Waals surface area contributed by atoms with Gasteiger partial charge in [0.2, 0.25) is 0 Å². The third kappa shape index (κ3) is 3.24. The number of methoxy groups -OCH3 is 1. The molecule has 1 aliphatic heterocycles. The first-order chi connectivity index (χ1) is 14.4. The van der Waals surface area contributed by atoms with Gasteiger partial charge in [-0.2, -0.15) is 0 Å². The van der Waals surface area contributed by atoms with Crippen molar-refractivity contribution >= 4 is 23.0 Å². The summed E-state index contributed by atoms with van der Waals surface area (Å²) in [5.74, 6) is 0.0496. The summed E-state index contributed by atoms with van der Waals surface area (Å²) in [4.78, 5) is 25.7. The van der Waals surface area contributed by atoms with Crippen molar-refractivity contribution in [2.45, 2.75) is 18.9 Å². The molecule has 1 atom stereocenters. The molecule has 1 aromatic heterocycles. The molecule has 1 aliphatic rings. The normalized spacial score (nSPS) is 16.1. The van der Waals surface area contributed by atoms with Gasteiger partial charge >= 0.3 is 6.09 Å². The van der Waals surface area contributed by atoms with Crippen molar-refractivity contribution in [2.24, 2.45) is 0 Å². The zero-order valence-corrected chi connectivity index (χ0v) is 16.6. The molecule has 1 saturated heterocycles. The van der Waals surface area contributed by atoms with E-state index in [9.17, 15) is 19.1 Å². The maximum Gasteiger partial charge on any atom is 0.407 e. The fourth-order valence-corrected chi connectivity index (χ4v) is 4.05. The van der Waals surface area contributed by atoms with Crippen LogP contribution < -0.4 is 10.1 Å². The molecule has 0 radical (unpaired) electrons. The minimum atomic E-state index is -0.989. The zero-order chi connectivity index (χ0) is 21.4. The van der Waals surface area contributed by atoms with Gasteiger partial charge in [0, 0.05) is 30.1 Å². The predicted octanol–water partition coefficient (Wildman–Crippen LogP) is 4.42. The van der Waals surface area contributed by atoms with E-state index < -0.39 is 11.9 Å². The van der Waals surface area contributed by atoms with Gasteiger partial charge in [0.15, 0.2) is 0 Å².